The normalized spacial score (nSPS) is 14.0. The summed E-state index contributed by atoms with van der Waals surface area (Å²) in [6.07, 6.45) is 0.478. The van der Waals surface area contributed by atoms with Crippen LogP contribution in [-0.2, 0) is 15.1 Å². The minimum absolute atomic E-state index is 0.430. The van der Waals surface area contributed by atoms with Gasteiger partial charge in [0, 0.05) is 0 Å². The van der Waals surface area contributed by atoms with E-state index in [1.807, 2.05) is 6.92 Å². The summed E-state index contributed by atoms with van der Waals surface area (Å²) in [7, 11) is 2.92. The predicted molar refractivity (Wildman–Crippen MR) is 61.2 cm³/mol. The third-order valence-corrected chi connectivity index (χ3v) is 2.71. The molecule has 4 heteroatoms. The lowest BCUT2D eigenvalue weighted by atomic mass is 9.88. The van der Waals surface area contributed by atoms with E-state index in [-0.39, 0.29) is 0 Å². The Bertz CT molecular complexity index is 361. The van der Waals surface area contributed by atoms with Gasteiger partial charge in [0.1, 0.15) is 11.3 Å². The molecule has 0 aromatic heterocycles. The molecule has 0 radical (unpaired) electrons. The molecule has 1 rings (SSSR count). The van der Waals surface area contributed by atoms with Gasteiger partial charge in [0.25, 0.3) is 0 Å². The zero-order valence-electron chi connectivity index (χ0n) is 9.82. The summed E-state index contributed by atoms with van der Waals surface area (Å²) < 4.78 is 9.77. The van der Waals surface area contributed by atoms with Gasteiger partial charge in [-0.2, -0.15) is 0 Å². The molecule has 1 aromatic carbocycles. The van der Waals surface area contributed by atoms with Crippen LogP contribution in [-0.4, -0.2) is 20.2 Å². The number of carbonyl (C=O) groups is 1. The van der Waals surface area contributed by atoms with Crippen LogP contribution < -0.4 is 10.5 Å². The molecule has 0 aliphatic rings. The topological polar surface area (TPSA) is 61.6 Å². The van der Waals surface area contributed by atoms with Crippen molar-refractivity contribution in [2.24, 2.45) is 5.73 Å². The van der Waals surface area contributed by atoms with Crippen molar-refractivity contribution >= 4 is 5.97 Å². The smallest absolute Gasteiger partial charge is 0.330 e. The standard InChI is InChI=1S/C12H17NO3/c1-4-12(13,11(14)16-3)9-5-7-10(15-2)8-6-9/h5-8H,4,13H2,1-3H3. The molecule has 4 nitrogen and oxygen atoms in total. The van der Waals surface area contributed by atoms with Crippen LogP contribution in [0.1, 0.15) is 18.9 Å². The number of benzene rings is 1. The molecule has 0 aliphatic carbocycles. The van der Waals surface area contributed by atoms with Gasteiger partial charge in [-0.15, -0.1) is 0 Å². The molecule has 0 saturated heterocycles. The Hall–Kier alpha value is -1.55. The SMILES string of the molecule is CCC(N)(C(=O)OC)c1ccc(OC)cc1. The van der Waals surface area contributed by atoms with E-state index >= 15 is 0 Å². The molecular formula is C12H17NO3. The molecule has 88 valence electrons. The Kier molecular flexibility index (Phi) is 3.90. The van der Waals surface area contributed by atoms with E-state index in [0.717, 1.165) is 11.3 Å². The van der Waals surface area contributed by atoms with E-state index in [1.54, 1.807) is 31.4 Å². The Morgan fingerprint density at radius 3 is 2.25 bits per heavy atom. The van der Waals surface area contributed by atoms with E-state index in [2.05, 4.69) is 0 Å². The summed E-state index contributed by atoms with van der Waals surface area (Å²) in [6.45, 7) is 1.85. The fourth-order valence-electron chi connectivity index (χ4n) is 1.54. The minimum Gasteiger partial charge on any atom is -0.497 e. The number of nitrogens with two attached hydrogens (primary N) is 1. The highest BCUT2D eigenvalue weighted by Gasteiger charge is 2.35. The van der Waals surface area contributed by atoms with Crippen molar-refractivity contribution in [1.29, 1.82) is 0 Å². The van der Waals surface area contributed by atoms with Crippen molar-refractivity contribution in [3.63, 3.8) is 0 Å². The van der Waals surface area contributed by atoms with Crippen LogP contribution in [0.5, 0.6) is 5.75 Å². The average Bonchev–Trinajstić information content (AvgIpc) is 2.36. The zero-order chi connectivity index (χ0) is 12.2. The van der Waals surface area contributed by atoms with Crippen LogP contribution in [0, 0.1) is 0 Å². The molecular weight excluding hydrogens is 206 g/mol. The number of carbonyl (C=O) groups excluding carboxylic acids is 1. The van der Waals surface area contributed by atoms with E-state index in [0.29, 0.717) is 6.42 Å². The minimum atomic E-state index is -1.08. The van der Waals surface area contributed by atoms with E-state index in [1.165, 1.54) is 7.11 Å². The quantitative estimate of drug-likeness (QED) is 0.784. The number of hydrogen-bond acceptors (Lipinski definition) is 4. The predicted octanol–water partition coefficient (Wildman–Crippen LogP) is 1.43. The molecule has 0 heterocycles. The van der Waals surface area contributed by atoms with Crippen LogP contribution in [0.15, 0.2) is 24.3 Å². The second kappa shape index (κ2) is 4.99. The first kappa shape index (κ1) is 12.5. The first-order valence-electron chi connectivity index (χ1n) is 5.10. The van der Waals surface area contributed by atoms with Gasteiger partial charge >= 0.3 is 5.97 Å². The second-order valence-corrected chi connectivity index (χ2v) is 3.54. The molecule has 0 fully saturated rings. The fraction of sp³-hybridized carbons (Fsp3) is 0.417. The van der Waals surface area contributed by atoms with Crippen molar-refractivity contribution in [2.45, 2.75) is 18.9 Å². The largest absolute Gasteiger partial charge is 0.497 e. The average molecular weight is 223 g/mol. The van der Waals surface area contributed by atoms with Crippen molar-refractivity contribution in [3.8, 4) is 5.75 Å². The zero-order valence-corrected chi connectivity index (χ0v) is 9.82. The lowest BCUT2D eigenvalue weighted by Crippen LogP contribution is -2.45. The first-order chi connectivity index (χ1) is 7.58. The monoisotopic (exact) mass is 223 g/mol. The lowest BCUT2D eigenvalue weighted by Gasteiger charge is -2.25. The van der Waals surface area contributed by atoms with Crippen LogP contribution in [0.4, 0.5) is 0 Å². The summed E-state index contributed by atoms with van der Waals surface area (Å²) in [5, 5.41) is 0. The molecule has 16 heavy (non-hydrogen) atoms. The third kappa shape index (κ3) is 2.17. The Morgan fingerprint density at radius 1 is 1.31 bits per heavy atom. The molecule has 1 atom stereocenters. The fourth-order valence-corrected chi connectivity index (χ4v) is 1.54. The second-order valence-electron chi connectivity index (χ2n) is 3.54. The van der Waals surface area contributed by atoms with Gasteiger partial charge in [-0.3, -0.25) is 0 Å². The van der Waals surface area contributed by atoms with Crippen molar-refractivity contribution in [1.82, 2.24) is 0 Å². The molecule has 0 saturated carbocycles. The van der Waals surface area contributed by atoms with Gasteiger partial charge in [-0.25, -0.2) is 4.79 Å². The maximum Gasteiger partial charge on any atom is 0.330 e. The van der Waals surface area contributed by atoms with Gasteiger partial charge in [0.15, 0.2) is 0 Å². The number of ether oxygens (including phenoxy) is 2. The highest BCUT2D eigenvalue weighted by molar-refractivity contribution is 5.82. The van der Waals surface area contributed by atoms with Crippen LogP contribution in [0.2, 0.25) is 0 Å². The van der Waals surface area contributed by atoms with E-state index < -0.39 is 11.5 Å². The highest BCUT2D eigenvalue weighted by Crippen LogP contribution is 2.25. The third-order valence-electron chi connectivity index (χ3n) is 2.71. The van der Waals surface area contributed by atoms with Gasteiger partial charge in [0.05, 0.1) is 14.2 Å². The van der Waals surface area contributed by atoms with Gasteiger partial charge < -0.3 is 15.2 Å². The van der Waals surface area contributed by atoms with Gasteiger partial charge in [0.2, 0.25) is 0 Å². The highest BCUT2D eigenvalue weighted by atomic mass is 16.5. The summed E-state index contributed by atoms with van der Waals surface area (Å²) in [5.74, 6) is 0.298. The van der Waals surface area contributed by atoms with Crippen LogP contribution in [0.25, 0.3) is 0 Å². The molecule has 1 unspecified atom stereocenters. The van der Waals surface area contributed by atoms with E-state index in [4.69, 9.17) is 15.2 Å². The number of methoxy groups -OCH3 is 2. The summed E-state index contributed by atoms with van der Waals surface area (Å²) in [4.78, 5) is 11.6. The van der Waals surface area contributed by atoms with E-state index in [9.17, 15) is 4.79 Å². The number of esters is 1. The molecule has 1 aromatic rings. The summed E-state index contributed by atoms with van der Waals surface area (Å²) >= 11 is 0. The summed E-state index contributed by atoms with van der Waals surface area (Å²) in [6, 6.07) is 7.10. The Morgan fingerprint density at radius 2 is 1.88 bits per heavy atom. The molecule has 2 N–H and O–H groups in total. The van der Waals surface area contributed by atoms with Crippen LogP contribution >= 0.6 is 0 Å². The lowest BCUT2D eigenvalue weighted by molar-refractivity contribution is -0.147. The molecule has 0 aliphatic heterocycles. The molecule has 0 amide bonds. The Labute approximate surface area is 95.3 Å². The number of hydrogen-bond donors (Lipinski definition) is 1. The maximum absolute atomic E-state index is 11.6. The van der Waals surface area contributed by atoms with Crippen molar-refractivity contribution in [2.75, 3.05) is 14.2 Å². The van der Waals surface area contributed by atoms with Crippen LogP contribution in [0.3, 0.4) is 0 Å². The van der Waals surface area contributed by atoms with Gasteiger partial charge in [-0.1, -0.05) is 19.1 Å². The first-order valence-corrected chi connectivity index (χ1v) is 5.10. The maximum atomic E-state index is 11.6. The molecule has 0 spiro atoms. The van der Waals surface area contributed by atoms with Crippen molar-refractivity contribution < 1.29 is 14.3 Å². The Balaban J connectivity index is 3.07. The molecule has 0 bridgehead atoms. The summed E-state index contributed by atoms with van der Waals surface area (Å²) in [5.41, 5.74) is 5.69. The number of rotatable bonds is 4. The van der Waals surface area contributed by atoms with Gasteiger partial charge in [-0.05, 0) is 24.1 Å². The van der Waals surface area contributed by atoms with Crippen molar-refractivity contribution in [3.05, 3.63) is 29.8 Å².